The van der Waals surface area contributed by atoms with Crippen molar-refractivity contribution in [2.75, 3.05) is 5.73 Å². The third-order valence-electron chi connectivity index (χ3n) is 5.68. The fraction of sp³-hybridized carbons (Fsp3) is 0.0870. The smallest absolute Gasteiger partial charge is 0.397 e. The lowest BCUT2D eigenvalue weighted by Crippen LogP contribution is -2.41. The highest BCUT2D eigenvalue weighted by Crippen LogP contribution is 2.48. The van der Waals surface area contributed by atoms with Crippen molar-refractivity contribution in [3.8, 4) is 11.1 Å². The number of hydrogen-bond donors (Lipinski definition) is 4. The molecule has 0 fully saturated rings. The van der Waals surface area contributed by atoms with Crippen molar-refractivity contribution < 1.29 is 41.4 Å². The van der Waals surface area contributed by atoms with Crippen molar-refractivity contribution in [3.63, 3.8) is 0 Å². The van der Waals surface area contributed by atoms with E-state index < -0.39 is 85.5 Å². The minimum Gasteiger partial charge on any atom is -0.397 e. The maximum Gasteiger partial charge on any atom is 0.416 e. The van der Waals surface area contributed by atoms with E-state index in [1.807, 2.05) is 0 Å². The molecule has 186 valence electrons. The van der Waals surface area contributed by atoms with Crippen LogP contribution in [-0.4, -0.2) is 23.2 Å². The van der Waals surface area contributed by atoms with Gasteiger partial charge in [-0.05, 0) is 42.0 Å². The van der Waals surface area contributed by atoms with Crippen molar-refractivity contribution in [1.82, 2.24) is 5.32 Å². The molecule has 1 atom stereocenters. The standard InChI is InChI=1S/C23H13ClF5N3O4/c24-14-2-1-10(25)6-13(14)22(36)18-11(3-8(7-33)19(30)17(18)21(35)32-22)16-12(20(31)34)4-9(5-15(16)26)23(27,28)29/h1-7,36H,30H2,(H2,31,34)(H,32,35). The number of amides is 2. The number of nitrogens with two attached hydrogens (primary N) is 2. The maximum absolute atomic E-state index is 15.3. The first-order valence-corrected chi connectivity index (χ1v) is 10.2. The number of nitrogen functional groups attached to an aromatic ring is 1. The molecule has 4 rings (SSSR count). The zero-order valence-corrected chi connectivity index (χ0v) is 18.4. The molecule has 1 aliphatic rings. The maximum atomic E-state index is 15.3. The summed E-state index contributed by atoms with van der Waals surface area (Å²) in [6.45, 7) is 0. The number of carbonyl (C=O) groups excluding carboxylic acids is 3. The summed E-state index contributed by atoms with van der Waals surface area (Å²) in [6, 6.07) is 3.95. The summed E-state index contributed by atoms with van der Waals surface area (Å²) in [4.78, 5) is 36.7. The summed E-state index contributed by atoms with van der Waals surface area (Å²) in [7, 11) is 0. The Balaban J connectivity index is 2.19. The van der Waals surface area contributed by atoms with Gasteiger partial charge in [-0.25, -0.2) is 8.78 Å². The number of halogens is 6. The number of rotatable bonds is 4. The van der Waals surface area contributed by atoms with Crippen LogP contribution in [0.3, 0.4) is 0 Å². The molecule has 0 aromatic heterocycles. The van der Waals surface area contributed by atoms with Crippen LogP contribution in [0.5, 0.6) is 0 Å². The van der Waals surface area contributed by atoms with E-state index in [0.717, 1.165) is 24.3 Å². The predicted molar refractivity (Wildman–Crippen MR) is 117 cm³/mol. The highest BCUT2D eigenvalue weighted by atomic mass is 35.5. The number of fused-ring (bicyclic) bond motifs is 1. The van der Waals surface area contributed by atoms with E-state index in [9.17, 15) is 37.1 Å². The summed E-state index contributed by atoms with van der Waals surface area (Å²) in [5, 5.41) is 13.5. The number of carbonyl (C=O) groups is 3. The Kier molecular flexibility index (Phi) is 5.77. The number of aliphatic hydroxyl groups is 1. The number of primary amides is 1. The Labute approximate surface area is 203 Å². The first kappa shape index (κ1) is 25.1. The Morgan fingerprint density at radius 1 is 1.11 bits per heavy atom. The van der Waals surface area contributed by atoms with Crippen molar-refractivity contribution in [2.45, 2.75) is 11.9 Å². The Morgan fingerprint density at radius 3 is 2.36 bits per heavy atom. The minimum atomic E-state index is -5.06. The van der Waals surface area contributed by atoms with Crippen LogP contribution in [-0.2, 0) is 11.9 Å². The molecule has 3 aromatic rings. The molecule has 13 heteroatoms. The number of anilines is 1. The average Bonchev–Trinajstić information content (AvgIpc) is 3.06. The highest BCUT2D eigenvalue weighted by Gasteiger charge is 2.48. The molecule has 0 saturated carbocycles. The van der Waals surface area contributed by atoms with Crippen molar-refractivity contribution in [3.05, 3.63) is 86.4 Å². The molecule has 0 aliphatic carbocycles. The van der Waals surface area contributed by atoms with Crippen molar-refractivity contribution in [2.24, 2.45) is 5.73 Å². The molecule has 0 spiro atoms. The third-order valence-corrected chi connectivity index (χ3v) is 6.01. The van der Waals surface area contributed by atoms with Gasteiger partial charge in [-0.3, -0.25) is 14.4 Å². The van der Waals surface area contributed by atoms with Gasteiger partial charge in [-0.1, -0.05) is 11.6 Å². The van der Waals surface area contributed by atoms with Crippen LogP contribution in [0.2, 0.25) is 5.02 Å². The molecule has 1 heterocycles. The van der Waals surface area contributed by atoms with Gasteiger partial charge >= 0.3 is 6.18 Å². The molecule has 2 amide bonds. The van der Waals surface area contributed by atoms with E-state index in [1.54, 1.807) is 0 Å². The molecule has 1 unspecified atom stereocenters. The molecule has 1 aliphatic heterocycles. The first-order valence-electron chi connectivity index (χ1n) is 9.84. The summed E-state index contributed by atoms with van der Waals surface area (Å²) in [5.74, 6) is -5.10. The van der Waals surface area contributed by atoms with Crippen molar-refractivity contribution >= 4 is 35.4 Å². The molecule has 0 bridgehead atoms. The zero-order chi connectivity index (χ0) is 26.7. The lowest BCUT2D eigenvalue weighted by atomic mass is 9.83. The van der Waals surface area contributed by atoms with E-state index in [2.05, 4.69) is 5.32 Å². The number of alkyl halides is 3. The van der Waals surface area contributed by atoms with Gasteiger partial charge in [0.15, 0.2) is 12.0 Å². The van der Waals surface area contributed by atoms with Crippen LogP contribution >= 0.6 is 11.6 Å². The van der Waals surface area contributed by atoms with Crippen LogP contribution in [0.4, 0.5) is 27.6 Å². The van der Waals surface area contributed by atoms with E-state index in [4.69, 9.17) is 23.1 Å². The van der Waals surface area contributed by atoms with E-state index >= 15 is 4.39 Å². The quantitative estimate of drug-likeness (QED) is 0.234. The summed E-state index contributed by atoms with van der Waals surface area (Å²) < 4.78 is 69.2. The number of aldehydes is 1. The molecule has 0 radical (unpaired) electrons. The largest absolute Gasteiger partial charge is 0.416 e. The number of nitrogens with one attached hydrogen (secondary N) is 1. The van der Waals surface area contributed by atoms with Crippen LogP contribution < -0.4 is 16.8 Å². The monoisotopic (exact) mass is 525 g/mol. The molecule has 6 N–H and O–H groups in total. The van der Waals surface area contributed by atoms with Crippen LogP contribution in [0.15, 0.2) is 36.4 Å². The summed E-state index contributed by atoms with van der Waals surface area (Å²) in [6.07, 6.45) is -4.89. The normalized spacial score (nSPS) is 17.0. The lowest BCUT2D eigenvalue weighted by Gasteiger charge is -2.28. The third kappa shape index (κ3) is 3.74. The number of benzene rings is 3. The minimum absolute atomic E-state index is 0.0729. The first-order chi connectivity index (χ1) is 16.7. The Morgan fingerprint density at radius 2 is 1.78 bits per heavy atom. The van der Waals surface area contributed by atoms with Gasteiger partial charge in [0.05, 0.1) is 22.4 Å². The molecule has 3 aromatic carbocycles. The van der Waals surface area contributed by atoms with Crippen LogP contribution in [0.25, 0.3) is 11.1 Å². The van der Waals surface area contributed by atoms with Gasteiger partial charge in [-0.2, -0.15) is 13.2 Å². The summed E-state index contributed by atoms with van der Waals surface area (Å²) in [5.41, 5.74) is 2.03. The fourth-order valence-corrected chi connectivity index (χ4v) is 4.38. The van der Waals surface area contributed by atoms with Crippen LogP contribution in [0.1, 0.15) is 47.8 Å². The van der Waals surface area contributed by atoms with Gasteiger partial charge in [0, 0.05) is 27.3 Å². The second-order valence-electron chi connectivity index (χ2n) is 7.83. The Hall–Kier alpha value is -4.03. The SMILES string of the molecule is NC(=O)c1cc(C(F)(F)F)cc(F)c1-c1cc(C=O)c(N)c2c1C(O)(c1cc(F)ccc1Cl)NC2=O. The topological polar surface area (TPSA) is 136 Å². The van der Waals surface area contributed by atoms with Gasteiger partial charge in [0.1, 0.15) is 11.6 Å². The van der Waals surface area contributed by atoms with E-state index in [1.165, 1.54) is 0 Å². The highest BCUT2D eigenvalue weighted by molar-refractivity contribution is 6.31. The molecular weight excluding hydrogens is 513 g/mol. The Bertz CT molecular complexity index is 1490. The number of hydrogen-bond acceptors (Lipinski definition) is 5. The van der Waals surface area contributed by atoms with E-state index in [-0.39, 0.29) is 23.4 Å². The van der Waals surface area contributed by atoms with Crippen LogP contribution in [0, 0.1) is 11.6 Å². The van der Waals surface area contributed by atoms with E-state index in [0.29, 0.717) is 0 Å². The second kappa shape index (κ2) is 8.28. The molecule has 7 nitrogen and oxygen atoms in total. The van der Waals surface area contributed by atoms with Gasteiger partial charge in [-0.15, -0.1) is 0 Å². The van der Waals surface area contributed by atoms with Crippen molar-refractivity contribution in [1.29, 1.82) is 0 Å². The summed E-state index contributed by atoms with van der Waals surface area (Å²) >= 11 is 6.12. The molecular formula is C23H13ClF5N3O4. The average molecular weight is 526 g/mol. The molecule has 0 saturated heterocycles. The fourth-order valence-electron chi connectivity index (χ4n) is 4.13. The lowest BCUT2D eigenvalue weighted by molar-refractivity contribution is -0.137. The predicted octanol–water partition coefficient (Wildman–Crippen LogP) is 3.73. The molecule has 36 heavy (non-hydrogen) atoms. The van der Waals surface area contributed by atoms with Gasteiger partial charge < -0.3 is 21.9 Å². The van der Waals surface area contributed by atoms with Gasteiger partial charge in [0.25, 0.3) is 5.91 Å². The zero-order valence-electron chi connectivity index (χ0n) is 17.6. The van der Waals surface area contributed by atoms with Gasteiger partial charge in [0.2, 0.25) is 5.91 Å². The second-order valence-corrected chi connectivity index (χ2v) is 8.23.